The van der Waals surface area contributed by atoms with Crippen molar-refractivity contribution in [2.24, 2.45) is 0 Å². The van der Waals surface area contributed by atoms with E-state index >= 15 is 0 Å². The molecule has 3 rings (SSSR count). The number of carboxylic acid groups (broad SMARTS) is 1. The fourth-order valence-electron chi connectivity index (χ4n) is 2.91. The van der Waals surface area contributed by atoms with E-state index in [0.29, 0.717) is 11.8 Å². The maximum atomic E-state index is 11.0. The Kier molecular flexibility index (Phi) is 6.01. The molecular formula is C19H23N3O4. The second kappa shape index (κ2) is 8.62. The number of rotatable bonds is 7. The molecule has 1 aromatic heterocycles. The number of likely N-dealkylation sites (tertiary alicyclic amines) is 1. The Labute approximate surface area is 152 Å². The van der Waals surface area contributed by atoms with Crippen LogP contribution in [0.5, 0.6) is 11.8 Å². The molecule has 0 radical (unpaired) electrons. The van der Waals surface area contributed by atoms with Gasteiger partial charge in [0, 0.05) is 37.6 Å². The van der Waals surface area contributed by atoms with Crippen molar-refractivity contribution in [3.05, 3.63) is 48.3 Å². The van der Waals surface area contributed by atoms with Crippen molar-refractivity contribution in [3.63, 3.8) is 0 Å². The van der Waals surface area contributed by atoms with Gasteiger partial charge in [-0.25, -0.2) is 14.8 Å². The average molecular weight is 357 g/mol. The molecule has 1 aromatic carbocycles. The lowest BCUT2D eigenvalue weighted by Gasteiger charge is -2.32. The molecule has 7 heteroatoms. The van der Waals surface area contributed by atoms with Crippen LogP contribution in [0.25, 0.3) is 0 Å². The van der Waals surface area contributed by atoms with E-state index < -0.39 is 12.1 Å². The first-order chi connectivity index (χ1) is 12.6. The van der Waals surface area contributed by atoms with Crippen LogP contribution in [-0.2, 0) is 11.3 Å². The SMILES string of the molecule is CC(Oc1ccccc1CN1CCC(Oc2ncccn2)CC1)C(=O)O. The number of carboxylic acids is 1. The van der Waals surface area contributed by atoms with Gasteiger partial charge in [-0.1, -0.05) is 18.2 Å². The van der Waals surface area contributed by atoms with E-state index in [2.05, 4.69) is 14.9 Å². The van der Waals surface area contributed by atoms with E-state index in [9.17, 15) is 4.79 Å². The van der Waals surface area contributed by atoms with Crippen LogP contribution in [0, 0.1) is 0 Å². The number of para-hydroxylation sites is 1. The highest BCUT2D eigenvalue weighted by Gasteiger charge is 2.22. The molecule has 1 unspecified atom stereocenters. The molecule has 26 heavy (non-hydrogen) atoms. The van der Waals surface area contributed by atoms with Crippen molar-refractivity contribution in [1.82, 2.24) is 14.9 Å². The molecule has 1 aliphatic rings. The predicted octanol–water partition coefficient (Wildman–Crippen LogP) is 2.37. The molecule has 0 bridgehead atoms. The molecule has 1 saturated heterocycles. The van der Waals surface area contributed by atoms with Gasteiger partial charge in [0.15, 0.2) is 6.10 Å². The van der Waals surface area contributed by atoms with E-state index in [1.54, 1.807) is 18.5 Å². The van der Waals surface area contributed by atoms with Gasteiger partial charge in [0.2, 0.25) is 0 Å². The number of hydrogen-bond donors (Lipinski definition) is 1. The van der Waals surface area contributed by atoms with Gasteiger partial charge in [0.1, 0.15) is 11.9 Å². The molecule has 1 N–H and O–H groups in total. The second-order valence-electron chi connectivity index (χ2n) is 6.33. The van der Waals surface area contributed by atoms with Gasteiger partial charge in [0.05, 0.1) is 0 Å². The summed E-state index contributed by atoms with van der Waals surface area (Å²) in [6, 6.07) is 9.78. The third-order valence-electron chi connectivity index (χ3n) is 4.37. The number of aromatic nitrogens is 2. The standard InChI is InChI=1S/C19H23N3O4/c1-14(18(23)24)25-17-6-3-2-5-15(17)13-22-11-7-16(8-12-22)26-19-20-9-4-10-21-19/h2-6,9-10,14,16H,7-8,11-13H2,1H3,(H,23,24). The Bertz CT molecular complexity index is 718. The van der Waals surface area contributed by atoms with E-state index in [1.807, 2.05) is 24.3 Å². The van der Waals surface area contributed by atoms with Crippen molar-refractivity contribution in [2.75, 3.05) is 13.1 Å². The van der Waals surface area contributed by atoms with Crippen LogP contribution >= 0.6 is 0 Å². The van der Waals surface area contributed by atoms with Crippen molar-refractivity contribution in [3.8, 4) is 11.8 Å². The highest BCUT2D eigenvalue weighted by Crippen LogP contribution is 2.24. The third-order valence-corrected chi connectivity index (χ3v) is 4.37. The Morgan fingerprint density at radius 3 is 2.62 bits per heavy atom. The van der Waals surface area contributed by atoms with Gasteiger partial charge in [-0.2, -0.15) is 0 Å². The van der Waals surface area contributed by atoms with Crippen LogP contribution in [0.1, 0.15) is 25.3 Å². The van der Waals surface area contributed by atoms with Crippen molar-refractivity contribution >= 4 is 5.97 Å². The van der Waals surface area contributed by atoms with Crippen molar-refractivity contribution in [1.29, 1.82) is 0 Å². The lowest BCUT2D eigenvalue weighted by molar-refractivity contribution is -0.144. The number of aliphatic carboxylic acids is 1. The van der Waals surface area contributed by atoms with E-state index in [1.165, 1.54) is 6.92 Å². The van der Waals surface area contributed by atoms with Crippen LogP contribution in [0.15, 0.2) is 42.7 Å². The first kappa shape index (κ1) is 18.1. The maximum Gasteiger partial charge on any atom is 0.344 e. The fraction of sp³-hybridized carbons (Fsp3) is 0.421. The van der Waals surface area contributed by atoms with Gasteiger partial charge in [-0.15, -0.1) is 0 Å². The van der Waals surface area contributed by atoms with Crippen molar-refractivity contribution < 1.29 is 19.4 Å². The van der Waals surface area contributed by atoms with Crippen LogP contribution < -0.4 is 9.47 Å². The summed E-state index contributed by atoms with van der Waals surface area (Å²) < 4.78 is 11.4. The van der Waals surface area contributed by atoms with Gasteiger partial charge in [0.25, 0.3) is 0 Å². The quantitative estimate of drug-likeness (QED) is 0.814. The Morgan fingerprint density at radius 2 is 1.92 bits per heavy atom. The van der Waals surface area contributed by atoms with Crippen LogP contribution in [-0.4, -0.2) is 51.2 Å². The molecule has 1 atom stereocenters. The van der Waals surface area contributed by atoms with Gasteiger partial charge < -0.3 is 14.6 Å². The first-order valence-electron chi connectivity index (χ1n) is 8.75. The normalized spacial score (nSPS) is 16.8. The van der Waals surface area contributed by atoms with Crippen LogP contribution in [0.3, 0.4) is 0 Å². The fourth-order valence-corrected chi connectivity index (χ4v) is 2.91. The monoisotopic (exact) mass is 357 g/mol. The first-order valence-corrected chi connectivity index (χ1v) is 8.75. The summed E-state index contributed by atoms with van der Waals surface area (Å²) in [4.78, 5) is 21.6. The number of carbonyl (C=O) groups is 1. The lowest BCUT2D eigenvalue weighted by atomic mass is 10.1. The van der Waals surface area contributed by atoms with Gasteiger partial charge in [-0.3, -0.25) is 4.90 Å². The zero-order chi connectivity index (χ0) is 18.4. The van der Waals surface area contributed by atoms with E-state index in [0.717, 1.165) is 38.0 Å². The molecular weight excluding hydrogens is 334 g/mol. The number of nitrogens with zero attached hydrogens (tertiary/aromatic N) is 3. The largest absolute Gasteiger partial charge is 0.479 e. The van der Waals surface area contributed by atoms with Crippen LogP contribution in [0.4, 0.5) is 0 Å². The summed E-state index contributed by atoms with van der Waals surface area (Å²) in [5, 5.41) is 9.05. The molecule has 7 nitrogen and oxygen atoms in total. The summed E-state index contributed by atoms with van der Waals surface area (Å²) in [5.41, 5.74) is 0.992. The molecule has 1 aliphatic heterocycles. The zero-order valence-electron chi connectivity index (χ0n) is 14.7. The minimum absolute atomic E-state index is 0.118. The number of hydrogen-bond acceptors (Lipinski definition) is 6. The summed E-state index contributed by atoms with van der Waals surface area (Å²) in [7, 11) is 0. The molecule has 0 saturated carbocycles. The summed E-state index contributed by atoms with van der Waals surface area (Å²) in [5.74, 6) is -0.348. The molecule has 1 fully saturated rings. The molecule has 0 aliphatic carbocycles. The maximum absolute atomic E-state index is 11.0. The topological polar surface area (TPSA) is 84.8 Å². The summed E-state index contributed by atoms with van der Waals surface area (Å²) in [6.07, 6.45) is 4.38. The molecule has 2 heterocycles. The van der Waals surface area contributed by atoms with E-state index in [-0.39, 0.29) is 6.10 Å². The highest BCUT2D eigenvalue weighted by molar-refractivity contribution is 5.72. The minimum Gasteiger partial charge on any atom is -0.479 e. The lowest BCUT2D eigenvalue weighted by Crippen LogP contribution is -2.38. The third kappa shape index (κ3) is 4.92. The predicted molar refractivity (Wildman–Crippen MR) is 95.1 cm³/mol. The highest BCUT2D eigenvalue weighted by atomic mass is 16.5. The van der Waals surface area contributed by atoms with E-state index in [4.69, 9.17) is 14.6 Å². The Hall–Kier alpha value is -2.67. The second-order valence-corrected chi connectivity index (χ2v) is 6.33. The summed E-state index contributed by atoms with van der Waals surface area (Å²) in [6.45, 7) is 4.03. The Morgan fingerprint density at radius 1 is 1.23 bits per heavy atom. The molecule has 0 spiro atoms. The Balaban J connectivity index is 1.54. The molecule has 2 aromatic rings. The smallest absolute Gasteiger partial charge is 0.344 e. The molecule has 0 amide bonds. The number of piperidine rings is 1. The zero-order valence-corrected chi connectivity index (χ0v) is 14.7. The van der Waals surface area contributed by atoms with Gasteiger partial charge >= 0.3 is 12.0 Å². The van der Waals surface area contributed by atoms with Crippen molar-refractivity contribution in [2.45, 2.75) is 38.5 Å². The number of ether oxygens (including phenoxy) is 2. The minimum atomic E-state index is -0.971. The van der Waals surface area contributed by atoms with Gasteiger partial charge in [-0.05, 0) is 31.9 Å². The van der Waals surface area contributed by atoms with Crippen LogP contribution in [0.2, 0.25) is 0 Å². The average Bonchev–Trinajstić information content (AvgIpc) is 2.65. The molecule has 138 valence electrons. The summed E-state index contributed by atoms with van der Waals surface area (Å²) >= 11 is 0. The number of benzene rings is 1.